The first-order valence-electron chi connectivity index (χ1n) is 7.07. The van der Waals surface area contributed by atoms with Crippen molar-refractivity contribution in [2.75, 3.05) is 24.4 Å². The molecule has 0 bridgehead atoms. The van der Waals surface area contributed by atoms with Crippen LogP contribution in [0.15, 0.2) is 30.5 Å². The number of urea groups is 1. The first-order chi connectivity index (χ1) is 10.4. The number of fused-ring (bicyclic) bond motifs is 1. The van der Waals surface area contributed by atoms with Crippen LogP contribution in [-0.2, 0) is 10.8 Å². The zero-order valence-corrected chi connectivity index (χ0v) is 14.1. The average Bonchev–Trinajstić information content (AvgIpc) is 2.45. The SMILES string of the molecule is Cc1cc(NC(=O)N(C)[C@H](C)C[S@](C)=O)c2ncccc2c1. The molecule has 2 amide bonds. The second-order valence-electron chi connectivity index (χ2n) is 5.52. The van der Waals surface area contributed by atoms with Crippen LogP contribution in [0.1, 0.15) is 12.5 Å². The Kier molecular flexibility index (Phi) is 5.13. The maximum Gasteiger partial charge on any atom is 0.321 e. The Bertz CT molecular complexity index is 718. The molecule has 0 aliphatic heterocycles. The Hall–Kier alpha value is -1.95. The molecule has 5 nitrogen and oxygen atoms in total. The fourth-order valence-corrected chi connectivity index (χ4v) is 3.20. The van der Waals surface area contributed by atoms with Gasteiger partial charge in [0.15, 0.2) is 0 Å². The minimum atomic E-state index is -0.939. The average molecular weight is 319 g/mol. The number of aryl methyl sites for hydroxylation is 1. The van der Waals surface area contributed by atoms with Crippen LogP contribution in [0.2, 0.25) is 0 Å². The van der Waals surface area contributed by atoms with Crippen molar-refractivity contribution < 1.29 is 9.00 Å². The molecule has 1 heterocycles. The van der Waals surface area contributed by atoms with Crippen molar-refractivity contribution in [3.8, 4) is 0 Å². The van der Waals surface area contributed by atoms with Crippen LogP contribution in [0.3, 0.4) is 0 Å². The fraction of sp³-hybridized carbons (Fsp3) is 0.375. The molecule has 0 saturated heterocycles. The third-order valence-corrected chi connectivity index (χ3v) is 4.50. The third-order valence-electron chi connectivity index (χ3n) is 3.55. The van der Waals surface area contributed by atoms with Crippen LogP contribution < -0.4 is 5.32 Å². The summed E-state index contributed by atoms with van der Waals surface area (Å²) >= 11 is 0. The van der Waals surface area contributed by atoms with E-state index >= 15 is 0 Å². The maximum absolute atomic E-state index is 12.4. The molecule has 0 aliphatic rings. The molecule has 0 unspecified atom stereocenters. The number of pyridine rings is 1. The maximum atomic E-state index is 12.4. The lowest BCUT2D eigenvalue weighted by molar-refractivity contribution is 0.212. The van der Waals surface area contributed by atoms with Gasteiger partial charge in [-0.1, -0.05) is 6.07 Å². The second kappa shape index (κ2) is 6.87. The van der Waals surface area contributed by atoms with Crippen LogP contribution in [-0.4, -0.2) is 45.2 Å². The number of rotatable bonds is 4. The lowest BCUT2D eigenvalue weighted by Crippen LogP contribution is -2.41. The Labute approximate surface area is 133 Å². The lowest BCUT2D eigenvalue weighted by atomic mass is 10.1. The number of nitrogens with zero attached hydrogens (tertiary/aromatic N) is 2. The van der Waals surface area contributed by atoms with Gasteiger partial charge in [0.1, 0.15) is 0 Å². The van der Waals surface area contributed by atoms with Crippen LogP contribution in [0.25, 0.3) is 10.9 Å². The van der Waals surface area contributed by atoms with Crippen molar-refractivity contribution in [2.45, 2.75) is 19.9 Å². The first kappa shape index (κ1) is 16.4. The molecule has 118 valence electrons. The van der Waals surface area contributed by atoms with Crippen LogP contribution in [0, 0.1) is 6.92 Å². The Balaban J connectivity index is 2.23. The standard InChI is InChI=1S/C16H21N3O2S/c1-11-8-13-6-5-7-17-15(13)14(9-11)18-16(20)19(3)12(2)10-22(4)21/h5-9,12H,10H2,1-4H3,(H,18,20)/t12-,22+/m1/s1. The lowest BCUT2D eigenvalue weighted by Gasteiger charge is -2.24. The molecule has 1 aromatic heterocycles. The molecule has 1 aromatic carbocycles. The number of benzene rings is 1. The molecule has 2 rings (SSSR count). The number of nitrogens with one attached hydrogen (secondary N) is 1. The predicted molar refractivity (Wildman–Crippen MR) is 91.7 cm³/mol. The molecule has 0 radical (unpaired) electrons. The Morgan fingerprint density at radius 1 is 1.45 bits per heavy atom. The summed E-state index contributed by atoms with van der Waals surface area (Å²) in [5, 5.41) is 3.89. The predicted octanol–water partition coefficient (Wildman–Crippen LogP) is 2.77. The van der Waals surface area contributed by atoms with Gasteiger partial charge in [-0.2, -0.15) is 0 Å². The Morgan fingerprint density at radius 3 is 2.86 bits per heavy atom. The summed E-state index contributed by atoms with van der Waals surface area (Å²) < 4.78 is 11.3. The largest absolute Gasteiger partial charge is 0.324 e. The highest BCUT2D eigenvalue weighted by molar-refractivity contribution is 7.84. The van der Waals surface area contributed by atoms with Gasteiger partial charge in [-0.05, 0) is 37.6 Å². The normalized spacial score (nSPS) is 13.6. The van der Waals surface area contributed by atoms with Gasteiger partial charge in [0, 0.05) is 47.5 Å². The van der Waals surface area contributed by atoms with Crippen LogP contribution in [0.4, 0.5) is 10.5 Å². The van der Waals surface area contributed by atoms with E-state index in [0.717, 1.165) is 16.5 Å². The molecule has 1 N–H and O–H groups in total. The van der Waals surface area contributed by atoms with Gasteiger partial charge in [0.05, 0.1) is 11.2 Å². The van der Waals surface area contributed by atoms with Crippen molar-refractivity contribution in [1.29, 1.82) is 0 Å². The van der Waals surface area contributed by atoms with Crippen molar-refractivity contribution in [3.63, 3.8) is 0 Å². The summed E-state index contributed by atoms with van der Waals surface area (Å²) in [6, 6.07) is 7.45. The number of hydrogen-bond acceptors (Lipinski definition) is 3. The van der Waals surface area contributed by atoms with E-state index in [1.54, 1.807) is 24.4 Å². The van der Waals surface area contributed by atoms with E-state index < -0.39 is 10.8 Å². The first-order valence-corrected chi connectivity index (χ1v) is 8.80. The molecule has 0 aliphatic carbocycles. The van der Waals surface area contributed by atoms with Gasteiger partial charge in [-0.25, -0.2) is 4.79 Å². The summed E-state index contributed by atoms with van der Waals surface area (Å²) in [6.07, 6.45) is 3.35. The third kappa shape index (κ3) is 3.82. The molecule has 0 saturated carbocycles. The minimum Gasteiger partial charge on any atom is -0.324 e. The smallest absolute Gasteiger partial charge is 0.321 e. The summed E-state index contributed by atoms with van der Waals surface area (Å²) in [7, 11) is 0.767. The van der Waals surface area contributed by atoms with Gasteiger partial charge in [-0.15, -0.1) is 0 Å². The van der Waals surface area contributed by atoms with E-state index in [4.69, 9.17) is 0 Å². The summed E-state index contributed by atoms with van der Waals surface area (Å²) in [4.78, 5) is 18.3. The van der Waals surface area contributed by atoms with E-state index in [1.807, 2.05) is 38.1 Å². The number of carbonyl (C=O) groups excluding carboxylic acids is 1. The quantitative estimate of drug-likeness (QED) is 0.942. The van der Waals surface area contributed by atoms with Gasteiger partial charge in [-0.3, -0.25) is 9.19 Å². The van der Waals surface area contributed by atoms with Gasteiger partial charge in [0.25, 0.3) is 0 Å². The monoisotopic (exact) mass is 319 g/mol. The number of hydrogen-bond donors (Lipinski definition) is 1. The highest BCUT2D eigenvalue weighted by Crippen LogP contribution is 2.23. The highest BCUT2D eigenvalue weighted by atomic mass is 32.2. The van der Waals surface area contributed by atoms with Crippen LogP contribution >= 0.6 is 0 Å². The summed E-state index contributed by atoms with van der Waals surface area (Å²) in [5.41, 5.74) is 2.51. The molecule has 0 spiro atoms. The van der Waals surface area contributed by atoms with Gasteiger partial charge >= 0.3 is 6.03 Å². The minimum absolute atomic E-state index is 0.102. The van der Waals surface area contributed by atoms with E-state index in [2.05, 4.69) is 10.3 Å². The molecule has 22 heavy (non-hydrogen) atoms. The van der Waals surface area contributed by atoms with Crippen LogP contribution in [0.5, 0.6) is 0 Å². The van der Waals surface area contributed by atoms with Crippen molar-refractivity contribution in [2.24, 2.45) is 0 Å². The number of anilines is 1. The number of amides is 2. The Morgan fingerprint density at radius 2 is 2.18 bits per heavy atom. The second-order valence-corrected chi connectivity index (χ2v) is 7.00. The zero-order valence-electron chi connectivity index (χ0n) is 13.3. The van der Waals surface area contributed by atoms with E-state index in [-0.39, 0.29) is 12.1 Å². The van der Waals surface area contributed by atoms with Crippen molar-refractivity contribution in [1.82, 2.24) is 9.88 Å². The van der Waals surface area contributed by atoms with Crippen molar-refractivity contribution in [3.05, 3.63) is 36.0 Å². The molecular weight excluding hydrogens is 298 g/mol. The van der Waals surface area contributed by atoms with E-state index in [1.165, 1.54) is 0 Å². The summed E-state index contributed by atoms with van der Waals surface area (Å²) in [5.74, 6) is 0.455. The van der Waals surface area contributed by atoms with Crippen molar-refractivity contribution >= 4 is 33.4 Å². The van der Waals surface area contributed by atoms with Gasteiger partial charge < -0.3 is 10.2 Å². The zero-order chi connectivity index (χ0) is 16.3. The fourth-order valence-electron chi connectivity index (χ4n) is 2.29. The molecule has 0 fully saturated rings. The van der Waals surface area contributed by atoms with Gasteiger partial charge in [0.2, 0.25) is 0 Å². The summed E-state index contributed by atoms with van der Waals surface area (Å²) in [6.45, 7) is 3.86. The molecule has 6 heteroatoms. The molecule has 2 atom stereocenters. The highest BCUT2D eigenvalue weighted by Gasteiger charge is 2.18. The number of carbonyl (C=O) groups is 1. The topological polar surface area (TPSA) is 62.3 Å². The molecule has 2 aromatic rings. The van der Waals surface area contributed by atoms with E-state index in [0.29, 0.717) is 11.4 Å². The molecular formula is C16H21N3O2S. The number of aromatic nitrogens is 1. The van der Waals surface area contributed by atoms with E-state index in [9.17, 15) is 9.00 Å².